The van der Waals surface area contributed by atoms with Crippen molar-refractivity contribution in [3.63, 3.8) is 0 Å². The van der Waals surface area contributed by atoms with Crippen LogP contribution in [0.25, 0.3) is 0 Å². The van der Waals surface area contributed by atoms with E-state index in [0.29, 0.717) is 0 Å². The molecule has 1 atom stereocenters. The maximum absolute atomic E-state index is 12.1. The Morgan fingerprint density at radius 2 is 1.95 bits per heavy atom. The molecule has 0 aromatic heterocycles. The molecule has 2 N–H and O–H groups in total. The fourth-order valence-electron chi connectivity index (χ4n) is 2.59. The Bertz CT molecular complexity index is 434. The van der Waals surface area contributed by atoms with Gasteiger partial charge in [0.15, 0.2) is 0 Å². The minimum Gasteiger partial charge on any atom is -0.389 e. The molecule has 1 aliphatic rings. The lowest BCUT2D eigenvalue weighted by molar-refractivity contribution is 0.181. The van der Waals surface area contributed by atoms with Crippen LogP contribution in [0.4, 0.5) is 10.5 Å². The molecule has 20 heavy (non-hydrogen) atoms. The maximum atomic E-state index is 12.1. The van der Waals surface area contributed by atoms with E-state index in [1.807, 2.05) is 29.2 Å². The number of rotatable bonds is 3. The monoisotopic (exact) mass is 276 g/mol. The number of benzene rings is 1. The molecule has 110 valence electrons. The van der Waals surface area contributed by atoms with Crippen LogP contribution in [0.2, 0.25) is 0 Å². The summed E-state index contributed by atoms with van der Waals surface area (Å²) >= 11 is 0. The number of nitrogens with one attached hydrogen (secondary N) is 1. The highest BCUT2D eigenvalue weighted by molar-refractivity contribution is 5.89. The molecule has 1 heterocycles. The van der Waals surface area contributed by atoms with Crippen molar-refractivity contribution < 1.29 is 9.90 Å². The molecule has 0 aliphatic carbocycles. The van der Waals surface area contributed by atoms with Crippen molar-refractivity contribution in [2.24, 2.45) is 5.92 Å². The summed E-state index contributed by atoms with van der Waals surface area (Å²) in [7, 11) is 0. The molecule has 1 unspecified atom stereocenters. The normalized spacial score (nSPS) is 17.9. The van der Waals surface area contributed by atoms with Crippen LogP contribution >= 0.6 is 0 Å². The Hall–Kier alpha value is -1.55. The molecule has 0 bridgehead atoms. The molecule has 4 heteroatoms. The van der Waals surface area contributed by atoms with Gasteiger partial charge in [0.1, 0.15) is 0 Å². The molecule has 4 nitrogen and oxygen atoms in total. The Kier molecular flexibility index (Phi) is 5.01. The summed E-state index contributed by atoms with van der Waals surface area (Å²) in [6.07, 6.45) is 2.93. The van der Waals surface area contributed by atoms with Crippen LogP contribution < -0.4 is 5.32 Å². The van der Waals surface area contributed by atoms with Gasteiger partial charge >= 0.3 is 6.03 Å². The van der Waals surface area contributed by atoms with E-state index in [1.54, 1.807) is 6.92 Å². The number of aliphatic hydroxyl groups is 1. The number of aliphatic hydroxyl groups excluding tert-OH is 1. The first-order valence-corrected chi connectivity index (χ1v) is 7.44. The van der Waals surface area contributed by atoms with Crippen LogP contribution in [0, 0.1) is 5.92 Å². The summed E-state index contributed by atoms with van der Waals surface area (Å²) in [6, 6.07) is 7.31. The molecule has 1 saturated heterocycles. The Morgan fingerprint density at radius 3 is 2.45 bits per heavy atom. The van der Waals surface area contributed by atoms with Crippen LogP contribution in [0.3, 0.4) is 0 Å². The van der Waals surface area contributed by atoms with Gasteiger partial charge in [0.05, 0.1) is 6.10 Å². The molecular formula is C16H24N2O2. The molecule has 0 spiro atoms. The summed E-state index contributed by atoms with van der Waals surface area (Å²) in [6.45, 7) is 5.63. The van der Waals surface area contributed by atoms with Crippen molar-refractivity contribution in [2.75, 3.05) is 18.4 Å². The molecule has 1 fully saturated rings. The zero-order chi connectivity index (χ0) is 14.5. The molecular weight excluding hydrogens is 252 g/mol. The first-order valence-electron chi connectivity index (χ1n) is 7.44. The van der Waals surface area contributed by atoms with Crippen molar-refractivity contribution in [1.82, 2.24) is 4.90 Å². The highest BCUT2D eigenvalue weighted by Crippen LogP contribution is 2.21. The van der Waals surface area contributed by atoms with E-state index in [2.05, 4.69) is 12.2 Å². The van der Waals surface area contributed by atoms with E-state index < -0.39 is 6.10 Å². The van der Waals surface area contributed by atoms with E-state index in [-0.39, 0.29) is 6.03 Å². The highest BCUT2D eigenvalue weighted by Gasteiger charge is 2.21. The van der Waals surface area contributed by atoms with Crippen molar-refractivity contribution in [1.29, 1.82) is 0 Å². The topological polar surface area (TPSA) is 52.6 Å². The van der Waals surface area contributed by atoms with Crippen LogP contribution in [-0.2, 0) is 0 Å². The van der Waals surface area contributed by atoms with Crippen molar-refractivity contribution in [3.05, 3.63) is 29.8 Å². The number of nitrogens with zero attached hydrogens (tertiary/aromatic N) is 1. The average molecular weight is 276 g/mol. The van der Waals surface area contributed by atoms with Gasteiger partial charge in [-0.3, -0.25) is 0 Å². The van der Waals surface area contributed by atoms with Crippen LogP contribution in [-0.4, -0.2) is 29.1 Å². The summed E-state index contributed by atoms with van der Waals surface area (Å²) in [5.41, 5.74) is 1.63. The standard InChI is InChI=1S/C16H24N2O2/c1-3-13-8-10-18(11-9-13)16(20)17-15-6-4-14(5-7-15)12(2)19/h4-7,12-13,19H,3,8-11H2,1-2H3,(H,17,20). The van der Waals surface area contributed by atoms with E-state index in [9.17, 15) is 9.90 Å². The largest absolute Gasteiger partial charge is 0.389 e. The third kappa shape index (κ3) is 3.73. The summed E-state index contributed by atoms with van der Waals surface area (Å²) in [5.74, 6) is 0.768. The van der Waals surface area contributed by atoms with Gasteiger partial charge in [-0.1, -0.05) is 25.5 Å². The van der Waals surface area contributed by atoms with Gasteiger partial charge in [0.25, 0.3) is 0 Å². The van der Waals surface area contributed by atoms with Gasteiger partial charge in [0, 0.05) is 18.8 Å². The first kappa shape index (κ1) is 14.9. The lowest BCUT2D eigenvalue weighted by Gasteiger charge is -2.31. The number of hydrogen-bond donors (Lipinski definition) is 2. The number of carbonyl (C=O) groups excluding carboxylic acids is 1. The number of amides is 2. The van der Waals surface area contributed by atoms with Gasteiger partial charge < -0.3 is 15.3 Å². The molecule has 1 aromatic carbocycles. The number of urea groups is 1. The molecule has 0 radical (unpaired) electrons. The zero-order valence-corrected chi connectivity index (χ0v) is 12.3. The maximum Gasteiger partial charge on any atom is 0.321 e. The van der Waals surface area contributed by atoms with E-state index in [1.165, 1.54) is 6.42 Å². The smallest absolute Gasteiger partial charge is 0.321 e. The second-order valence-electron chi connectivity index (χ2n) is 5.57. The number of piperidine rings is 1. The van der Waals surface area contributed by atoms with E-state index >= 15 is 0 Å². The minimum absolute atomic E-state index is 0.0237. The minimum atomic E-state index is -0.479. The number of hydrogen-bond acceptors (Lipinski definition) is 2. The summed E-state index contributed by atoms with van der Waals surface area (Å²) in [5, 5.41) is 12.4. The second-order valence-corrected chi connectivity index (χ2v) is 5.57. The quantitative estimate of drug-likeness (QED) is 0.889. The molecule has 2 amide bonds. The number of carbonyl (C=O) groups is 1. The lowest BCUT2D eigenvalue weighted by Crippen LogP contribution is -2.40. The number of anilines is 1. The Balaban J connectivity index is 1.88. The number of likely N-dealkylation sites (tertiary alicyclic amines) is 1. The van der Waals surface area contributed by atoms with Crippen molar-refractivity contribution in [2.45, 2.75) is 39.2 Å². The van der Waals surface area contributed by atoms with Crippen LogP contribution in [0.5, 0.6) is 0 Å². The van der Waals surface area contributed by atoms with Gasteiger partial charge in [-0.15, -0.1) is 0 Å². The van der Waals surface area contributed by atoms with Crippen LogP contribution in [0.1, 0.15) is 44.8 Å². The van der Waals surface area contributed by atoms with Crippen LogP contribution in [0.15, 0.2) is 24.3 Å². The zero-order valence-electron chi connectivity index (χ0n) is 12.3. The predicted molar refractivity (Wildman–Crippen MR) is 80.7 cm³/mol. The first-order chi connectivity index (χ1) is 9.60. The van der Waals surface area contributed by atoms with Gasteiger partial charge in [-0.2, -0.15) is 0 Å². The second kappa shape index (κ2) is 6.75. The highest BCUT2D eigenvalue weighted by atomic mass is 16.3. The van der Waals surface area contributed by atoms with Gasteiger partial charge in [-0.25, -0.2) is 4.79 Å². The Morgan fingerprint density at radius 1 is 1.35 bits per heavy atom. The Labute approximate surface area is 120 Å². The van der Waals surface area contributed by atoms with Crippen molar-refractivity contribution >= 4 is 11.7 Å². The van der Waals surface area contributed by atoms with Gasteiger partial charge in [0.2, 0.25) is 0 Å². The molecule has 2 rings (SSSR count). The SMILES string of the molecule is CCC1CCN(C(=O)Nc2ccc(C(C)O)cc2)CC1. The molecule has 1 aromatic rings. The average Bonchev–Trinajstić information content (AvgIpc) is 2.48. The third-order valence-electron chi connectivity index (χ3n) is 4.12. The summed E-state index contributed by atoms with van der Waals surface area (Å²) < 4.78 is 0. The third-order valence-corrected chi connectivity index (χ3v) is 4.12. The molecule has 1 aliphatic heterocycles. The van der Waals surface area contributed by atoms with Crippen molar-refractivity contribution in [3.8, 4) is 0 Å². The van der Waals surface area contributed by atoms with Gasteiger partial charge in [-0.05, 0) is 43.4 Å². The van der Waals surface area contributed by atoms with E-state index in [4.69, 9.17) is 0 Å². The fraction of sp³-hybridized carbons (Fsp3) is 0.562. The van der Waals surface area contributed by atoms with E-state index in [0.717, 1.165) is 43.1 Å². The molecule has 0 saturated carbocycles. The summed E-state index contributed by atoms with van der Waals surface area (Å²) in [4.78, 5) is 14.0. The lowest BCUT2D eigenvalue weighted by atomic mass is 9.95. The fourth-order valence-corrected chi connectivity index (χ4v) is 2.59. The predicted octanol–water partition coefficient (Wildman–Crippen LogP) is 3.39.